The van der Waals surface area contributed by atoms with E-state index in [4.69, 9.17) is 27.9 Å². The topological polar surface area (TPSA) is 87.7 Å². The molecule has 1 aliphatic rings. The SMILES string of the molecule is CCCCN1C(=O)NC(c2cccc(NC(=O)c3ccc(Cl)c(Cl)c3)c2)C(C(=O)OCC)=C1c1ccccc1. The molecule has 1 heterocycles. The number of halogens is 2. The number of anilines is 1. The number of rotatable bonds is 9. The Morgan fingerprint density at radius 3 is 2.44 bits per heavy atom. The standard InChI is InChI=1S/C30H29Cl2N3O4/c1-3-5-16-35-27(19-10-7-6-8-11-19)25(29(37)39-4-2)26(34-30(35)38)20-12-9-13-22(17-20)33-28(36)21-14-15-23(31)24(32)18-21/h6-15,17-18,26H,3-5,16H2,1-2H3,(H,33,36)(H,34,38). The van der Waals surface area contributed by atoms with E-state index in [1.165, 1.54) is 6.07 Å². The Bertz CT molecular complexity index is 1410. The molecule has 0 fully saturated rings. The number of nitrogens with one attached hydrogen (secondary N) is 2. The Morgan fingerprint density at radius 1 is 0.974 bits per heavy atom. The van der Waals surface area contributed by atoms with Crippen LogP contribution in [0.4, 0.5) is 10.5 Å². The van der Waals surface area contributed by atoms with E-state index in [1.807, 2.05) is 37.3 Å². The maximum Gasteiger partial charge on any atom is 0.338 e. The highest BCUT2D eigenvalue weighted by Crippen LogP contribution is 2.37. The van der Waals surface area contributed by atoms with E-state index < -0.39 is 12.0 Å². The quantitative estimate of drug-likeness (QED) is 0.271. The summed E-state index contributed by atoms with van der Waals surface area (Å²) in [4.78, 5) is 41.4. The molecule has 0 saturated carbocycles. The maximum absolute atomic E-state index is 13.4. The van der Waals surface area contributed by atoms with Gasteiger partial charge in [-0.2, -0.15) is 0 Å². The Labute approximate surface area is 237 Å². The van der Waals surface area contributed by atoms with E-state index in [1.54, 1.807) is 48.2 Å². The summed E-state index contributed by atoms with van der Waals surface area (Å²) < 4.78 is 5.48. The number of ether oxygens (including phenoxy) is 1. The first-order chi connectivity index (χ1) is 18.8. The second-order valence-electron chi connectivity index (χ2n) is 8.94. The summed E-state index contributed by atoms with van der Waals surface area (Å²) in [5.41, 5.74) is 3.01. The van der Waals surface area contributed by atoms with Crippen LogP contribution in [0.15, 0.2) is 78.4 Å². The zero-order chi connectivity index (χ0) is 27.9. The lowest BCUT2D eigenvalue weighted by atomic mass is 9.91. The summed E-state index contributed by atoms with van der Waals surface area (Å²) >= 11 is 12.1. The number of hydrogen-bond acceptors (Lipinski definition) is 4. The normalized spacial score (nSPS) is 15.1. The van der Waals surface area contributed by atoms with Gasteiger partial charge in [0, 0.05) is 17.8 Å². The highest BCUT2D eigenvalue weighted by atomic mass is 35.5. The Morgan fingerprint density at radius 2 is 1.74 bits per heavy atom. The third-order valence-electron chi connectivity index (χ3n) is 6.26. The number of unbranched alkanes of at least 4 members (excludes halogenated alkanes) is 1. The van der Waals surface area contributed by atoms with Crippen molar-refractivity contribution in [1.82, 2.24) is 10.2 Å². The zero-order valence-electron chi connectivity index (χ0n) is 21.7. The Kier molecular flexibility index (Phi) is 9.28. The Balaban J connectivity index is 1.77. The highest BCUT2D eigenvalue weighted by molar-refractivity contribution is 6.42. The molecule has 0 saturated heterocycles. The lowest BCUT2D eigenvalue weighted by Crippen LogP contribution is -2.48. The van der Waals surface area contributed by atoms with Crippen molar-refractivity contribution in [2.45, 2.75) is 32.7 Å². The summed E-state index contributed by atoms with van der Waals surface area (Å²) in [6.45, 7) is 4.41. The van der Waals surface area contributed by atoms with Gasteiger partial charge in [-0.25, -0.2) is 9.59 Å². The van der Waals surface area contributed by atoms with Crippen molar-refractivity contribution < 1.29 is 19.1 Å². The highest BCUT2D eigenvalue weighted by Gasteiger charge is 2.38. The number of hydrogen-bond donors (Lipinski definition) is 2. The van der Waals surface area contributed by atoms with Gasteiger partial charge in [0.1, 0.15) is 0 Å². The number of urea groups is 1. The van der Waals surface area contributed by atoms with Gasteiger partial charge in [-0.15, -0.1) is 0 Å². The third kappa shape index (κ3) is 6.44. The van der Waals surface area contributed by atoms with Gasteiger partial charge in [0.15, 0.2) is 0 Å². The van der Waals surface area contributed by atoms with E-state index in [9.17, 15) is 14.4 Å². The number of esters is 1. The van der Waals surface area contributed by atoms with Gasteiger partial charge >= 0.3 is 12.0 Å². The van der Waals surface area contributed by atoms with E-state index in [0.717, 1.165) is 18.4 Å². The van der Waals surface area contributed by atoms with Crippen LogP contribution in [0.5, 0.6) is 0 Å². The molecule has 0 spiro atoms. The second-order valence-corrected chi connectivity index (χ2v) is 9.76. The fourth-order valence-corrected chi connectivity index (χ4v) is 4.70. The molecule has 39 heavy (non-hydrogen) atoms. The molecule has 202 valence electrons. The van der Waals surface area contributed by atoms with Crippen molar-refractivity contribution in [1.29, 1.82) is 0 Å². The molecular formula is C30H29Cl2N3O4. The molecule has 3 aromatic carbocycles. The summed E-state index contributed by atoms with van der Waals surface area (Å²) in [5.74, 6) is -0.900. The molecule has 3 aromatic rings. The van der Waals surface area contributed by atoms with Crippen LogP contribution >= 0.6 is 23.2 Å². The van der Waals surface area contributed by atoms with Crippen LogP contribution in [0.2, 0.25) is 10.0 Å². The van der Waals surface area contributed by atoms with Crippen LogP contribution in [0.1, 0.15) is 54.2 Å². The van der Waals surface area contributed by atoms with E-state index in [2.05, 4.69) is 10.6 Å². The summed E-state index contributed by atoms with van der Waals surface area (Å²) in [7, 11) is 0. The van der Waals surface area contributed by atoms with Crippen LogP contribution in [0, 0.1) is 0 Å². The van der Waals surface area contributed by atoms with Crippen molar-refractivity contribution in [3.8, 4) is 0 Å². The molecule has 0 radical (unpaired) electrons. The van der Waals surface area contributed by atoms with Gasteiger partial charge in [-0.3, -0.25) is 9.69 Å². The Hall–Kier alpha value is -3.81. The van der Waals surface area contributed by atoms with Crippen LogP contribution < -0.4 is 10.6 Å². The predicted octanol–water partition coefficient (Wildman–Crippen LogP) is 7.09. The first kappa shape index (κ1) is 28.2. The number of amides is 3. The van der Waals surface area contributed by atoms with Crippen LogP contribution in [0.25, 0.3) is 5.70 Å². The summed E-state index contributed by atoms with van der Waals surface area (Å²) in [5, 5.41) is 6.46. The average molecular weight is 566 g/mol. The van der Waals surface area contributed by atoms with Crippen LogP contribution in [-0.2, 0) is 9.53 Å². The molecule has 0 aromatic heterocycles. The molecule has 3 amide bonds. The predicted molar refractivity (Wildman–Crippen MR) is 154 cm³/mol. The van der Waals surface area contributed by atoms with E-state index >= 15 is 0 Å². The maximum atomic E-state index is 13.4. The molecule has 1 atom stereocenters. The van der Waals surface area contributed by atoms with Crippen LogP contribution in [0.3, 0.4) is 0 Å². The molecule has 1 unspecified atom stereocenters. The van der Waals surface area contributed by atoms with Gasteiger partial charge in [-0.1, -0.05) is 79.0 Å². The van der Waals surface area contributed by atoms with Crippen molar-refractivity contribution in [2.24, 2.45) is 0 Å². The first-order valence-corrected chi connectivity index (χ1v) is 13.5. The van der Waals surface area contributed by atoms with E-state index in [0.29, 0.717) is 39.7 Å². The minimum atomic E-state index is -0.800. The number of nitrogens with zero attached hydrogens (tertiary/aromatic N) is 1. The second kappa shape index (κ2) is 12.8. The molecule has 1 aliphatic heterocycles. The van der Waals surface area contributed by atoms with Crippen molar-refractivity contribution in [3.63, 3.8) is 0 Å². The smallest absolute Gasteiger partial charge is 0.338 e. The number of benzene rings is 3. The van der Waals surface area contributed by atoms with Crippen LogP contribution in [-0.4, -0.2) is 36.0 Å². The van der Waals surface area contributed by atoms with Gasteiger partial charge < -0.3 is 15.4 Å². The minimum absolute atomic E-state index is 0.180. The molecule has 9 heteroatoms. The van der Waals surface area contributed by atoms with Crippen molar-refractivity contribution in [2.75, 3.05) is 18.5 Å². The molecule has 4 rings (SSSR count). The minimum Gasteiger partial charge on any atom is -0.463 e. The summed E-state index contributed by atoms with van der Waals surface area (Å²) in [6, 6.07) is 19.9. The van der Waals surface area contributed by atoms with Gasteiger partial charge in [0.25, 0.3) is 5.91 Å². The van der Waals surface area contributed by atoms with Crippen molar-refractivity contribution >= 4 is 52.5 Å². The van der Waals surface area contributed by atoms with Gasteiger partial charge in [0.2, 0.25) is 0 Å². The molecule has 7 nitrogen and oxygen atoms in total. The fraction of sp³-hybridized carbons (Fsp3) is 0.233. The monoisotopic (exact) mass is 565 g/mol. The zero-order valence-corrected chi connectivity index (χ0v) is 23.2. The number of carbonyl (C=O) groups excluding carboxylic acids is 3. The molecular weight excluding hydrogens is 537 g/mol. The first-order valence-electron chi connectivity index (χ1n) is 12.7. The van der Waals surface area contributed by atoms with Crippen molar-refractivity contribution in [3.05, 3.63) is 105 Å². The van der Waals surface area contributed by atoms with Gasteiger partial charge in [-0.05, 0) is 54.8 Å². The fourth-order valence-electron chi connectivity index (χ4n) is 4.40. The number of carbonyl (C=O) groups is 3. The third-order valence-corrected chi connectivity index (χ3v) is 7.00. The lowest BCUT2D eigenvalue weighted by molar-refractivity contribution is -0.138. The average Bonchev–Trinajstić information content (AvgIpc) is 2.94. The lowest BCUT2D eigenvalue weighted by Gasteiger charge is -2.37. The molecule has 2 N–H and O–H groups in total. The van der Waals surface area contributed by atoms with E-state index in [-0.39, 0.29) is 23.6 Å². The largest absolute Gasteiger partial charge is 0.463 e. The van der Waals surface area contributed by atoms with Gasteiger partial charge in [0.05, 0.1) is 34.0 Å². The molecule has 0 aliphatic carbocycles. The molecule has 0 bridgehead atoms. The summed E-state index contributed by atoms with van der Waals surface area (Å²) in [6.07, 6.45) is 1.64.